The van der Waals surface area contributed by atoms with Crippen molar-refractivity contribution in [1.82, 2.24) is 9.88 Å². The lowest BCUT2D eigenvalue weighted by Gasteiger charge is -2.22. The van der Waals surface area contributed by atoms with Crippen molar-refractivity contribution in [2.24, 2.45) is 0 Å². The Morgan fingerprint density at radius 2 is 1.95 bits per heavy atom. The molecule has 0 N–H and O–H groups in total. The van der Waals surface area contributed by atoms with Crippen molar-refractivity contribution in [2.45, 2.75) is 32.4 Å². The minimum absolute atomic E-state index is 0.485. The number of fused-ring (bicyclic) bond motifs is 1. The minimum atomic E-state index is 0.485. The van der Waals surface area contributed by atoms with Crippen molar-refractivity contribution in [3.63, 3.8) is 0 Å². The minimum Gasteiger partial charge on any atom is -0.290 e. The average molecular weight is 308 g/mol. The fourth-order valence-corrected chi connectivity index (χ4v) is 4.39. The third-order valence-corrected chi connectivity index (χ3v) is 5.60. The van der Waals surface area contributed by atoms with E-state index in [4.69, 9.17) is 4.98 Å². The van der Waals surface area contributed by atoms with Crippen LogP contribution in [-0.2, 0) is 6.54 Å². The monoisotopic (exact) mass is 308 g/mol. The number of para-hydroxylation sites is 1. The second kappa shape index (κ2) is 5.82. The maximum absolute atomic E-state index is 4.88. The summed E-state index contributed by atoms with van der Waals surface area (Å²) in [6.07, 6.45) is 2.50. The lowest BCUT2D eigenvalue weighted by Crippen LogP contribution is -2.22. The van der Waals surface area contributed by atoms with Crippen LogP contribution in [0.15, 0.2) is 48.5 Å². The number of aromatic nitrogens is 1. The van der Waals surface area contributed by atoms with Gasteiger partial charge in [0.1, 0.15) is 5.01 Å². The van der Waals surface area contributed by atoms with Gasteiger partial charge in [-0.15, -0.1) is 11.3 Å². The summed E-state index contributed by atoms with van der Waals surface area (Å²) in [4.78, 5) is 7.46. The molecule has 1 aromatic heterocycles. The Bertz CT molecular complexity index is 742. The highest BCUT2D eigenvalue weighted by Gasteiger charge is 2.28. The first-order valence-corrected chi connectivity index (χ1v) is 8.76. The van der Waals surface area contributed by atoms with E-state index in [1.807, 2.05) is 11.3 Å². The SMILES string of the molecule is Cc1ccc(CN2CCC[C@H]2c2nc3ccccc3s2)cc1. The van der Waals surface area contributed by atoms with E-state index < -0.39 is 0 Å². The second-order valence-corrected chi connectivity index (χ2v) is 7.20. The van der Waals surface area contributed by atoms with E-state index in [0.29, 0.717) is 6.04 Å². The topological polar surface area (TPSA) is 16.1 Å². The molecule has 112 valence electrons. The summed E-state index contributed by atoms with van der Waals surface area (Å²) in [5, 5.41) is 1.28. The lowest BCUT2D eigenvalue weighted by atomic mass is 10.1. The van der Waals surface area contributed by atoms with Crippen LogP contribution in [0.3, 0.4) is 0 Å². The molecule has 1 saturated heterocycles. The molecule has 2 heterocycles. The number of hydrogen-bond donors (Lipinski definition) is 0. The maximum atomic E-state index is 4.88. The molecule has 3 aromatic rings. The van der Waals surface area contributed by atoms with E-state index in [2.05, 4.69) is 60.4 Å². The molecule has 1 fully saturated rings. The Morgan fingerprint density at radius 3 is 2.77 bits per heavy atom. The van der Waals surface area contributed by atoms with Gasteiger partial charge in [-0.2, -0.15) is 0 Å². The van der Waals surface area contributed by atoms with Gasteiger partial charge in [0.05, 0.1) is 16.3 Å². The van der Waals surface area contributed by atoms with Gasteiger partial charge in [0.15, 0.2) is 0 Å². The quantitative estimate of drug-likeness (QED) is 0.681. The van der Waals surface area contributed by atoms with Crippen molar-refractivity contribution in [3.05, 3.63) is 64.7 Å². The van der Waals surface area contributed by atoms with Crippen molar-refractivity contribution < 1.29 is 0 Å². The zero-order valence-corrected chi connectivity index (χ0v) is 13.6. The number of thiazole rings is 1. The van der Waals surface area contributed by atoms with Crippen LogP contribution in [0.1, 0.15) is 35.0 Å². The van der Waals surface area contributed by atoms with E-state index >= 15 is 0 Å². The molecule has 1 aliphatic heterocycles. The summed E-state index contributed by atoms with van der Waals surface area (Å²) in [6, 6.07) is 17.9. The van der Waals surface area contributed by atoms with Crippen LogP contribution in [0.5, 0.6) is 0 Å². The van der Waals surface area contributed by atoms with Crippen molar-refractivity contribution in [2.75, 3.05) is 6.54 Å². The molecule has 3 heteroatoms. The van der Waals surface area contributed by atoms with Gasteiger partial charge in [-0.05, 0) is 44.0 Å². The first kappa shape index (κ1) is 13.9. The number of rotatable bonds is 3. The third kappa shape index (κ3) is 2.67. The molecule has 0 unspecified atom stereocenters. The number of nitrogens with zero attached hydrogens (tertiary/aromatic N) is 2. The van der Waals surface area contributed by atoms with E-state index in [0.717, 1.165) is 12.1 Å². The van der Waals surface area contributed by atoms with Crippen LogP contribution in [0.2, 0.25) is 0 Å². The molecule has 0 radical (unpaired) electrons. The molecule has 0 bridgehead atoms. The summed E-state index contributed by atoms with van der Waals surface area (Å²) in [5.74, 6) is 0. The van der Waals surface area contributed by atoms with E-state index in [-0.39, 0.29) is 0 Å². The molecule has 4 rings (SSSR count). The van der Waals surface area contributed by atoms with Gasteiger partial charge in [-0.1, -0.05) is 42.0 Å². The molecule has 2 nitrogen and oxygen atoms in total. The van der Waals surface area contributed by atoms with Crippen LogP contribution in [0, 0.1) is 6.92 Å². The predicted molar refractivity (Wildman–Crippen MR) is 93.2 cm³/mol. The Balaban J connectivity index is 1.58. The fourth-order valence-electron chi connectivity index (χ4n) is 3.26. The molecular weight excluding hydrogens is 288 g/mol. The van der Waals surface area contributed by atoms with Gasteiger partial charge >= 0.3 is 0 Å². The van der Waals surface area contributed by atoms with Crippen LogP contribution in [-0.4, -0.2) is 16.4 Å². The Labute approximate surface area is 135 Å². The highest BCUT2D eigenvalue weighted by molar-refractivity contribution is 7.18. The Kier molecular flexibility index (Phi) is 3.68. The van der Waals surface area contributed by atoms with Gasteiger partial charge in [0, 0.05) is 6.54 Å². The largest absolute Gasteiger partial charge is 0.290 e. The maximum Gasteiger partial charge on any atom is 0.111 e. The summed E-state index contributed by atoms with van der Waals surface area (Å²) in [6.45, 7) is 4.35. The molecule has 22 heavy (non-hydrogen) atoms. The molecule has 0 saturated carbocycles. The van der Waals surface area contributed by atoms with Gasteiger partial charge < -0.3 is 0 Å². The molecule has 1 aliphatic rings. The number of benzene rings is 2. The van der Waals surface area contributed by atoms with Crippen LogP contribution in [0.4, 0.5) is 0 Å². The molecule has 2 aromatic carbocycles. The Morgan fingerprint density at radius 1 is 1.14 bits per heavy atom. The van der Waals surface area contributed by atoms with Crippen molar-refractivity contribution >= 4 is 21.6 Å². The van der Waals surface area contributed by atoms with Crippen LogP contribution in [0.25, 0.3) is 10.2 Å². The van der Waals surface area contributed by atoms with E-state index in [1.165, 1.54) is 40.2 Å². The smallest absolute Gasteiger partial charge is 0.111 e. The fraction of sp³-hybridized carbons (Fsp3) is 0.316. The van der Waals surface area contributed by atoms with Crippen molar-refractivity contribution in [1.29, 1.82) is 0 Å². The van der Waals surface area contributed by atoms with Gasteiger partial charge in [-0.3, -0.25) is 4.90 Å². The number of hydrogen-bond acceptors (Lipinski definition) is 3. The third-order valence-electron chi connectivity index (χ3n) is 4.47. The zero-order valence-electron chi connectivity index (χ0n) is 12.8. The summed E-state index contributed by atoms with van der Waals surface area (Å²) >= 11 is 1.86. The molecular formula is C19H20N2S. The lowest BCUT2D eigenvalue weighted by molar-refractivity contribution is 0.248. The first-order chi connectivity index (χ1) is 10.8. The van der Waals surface area contributed by atoms with Gasteiger partial charge in [0.25, 0.3) is 0 Å². The summed E-state index contributed by atoms with van der Waals surface area (Å²) < 4.78 is 1.31. The highest BCUT2D eigenvalue weighted by atomic mass is 32.1. The molecule has 0 aliphatic carbocycles. The van der Waals surface area contributed by atoms with Crippen LogP contribution >= 0.6 is 11.3 Å². The predicted octanol–water partition coefficient (Wildman–Crippen LogP) is 4.94. The Hall–Kier alpha value is -1.71. The van der Waals surface area contributed by atoms with Gasteiger partial charge in [-0.25, -0.2) is 4.98 Å². The normalized spacial score (nSPS) is 19.0. The van der Waals surface area contributed by atoms with Crippen LogP contribution < -0.4 is 0 Å². The second-order valence-electron chi connectivity index (χ2n) is 6.13. The van der Waals surface area contributed by atoms with Crippen molar-refractivity contribution in [3.8, 4) is 0 Å². The van der Waals surface area contributed by atoms with E-state index in [1.54, 1.807) is 0 Å². The number of likely N-dealkylation sites (tertiary alicyclic amines) is 1. The average Bonchev–Trinajstić information content (AvgIpc) is 3.15. The number of aryl methyl sites for hydroxylation is 1. The molecule has 1 atom stereocenters. The highest BCUT2D eigenvalue weighted by Crippen LogP contribution is 2.37. The zero-order chi connectivity index (χ0) is 14.9. The van der Waals surface area contributed by atoms with Gasteiger partial charge in [0.2, 0.25) is 0 Å². The molecule has 0 spiro atoms. The summed E-state index contributed by atoms with van der Waals surface area (Å²) in [7, 11) is 0. The first-order valence-electron chi connectivity index (χ1n) is 7.95. The molecule has 0 amide bonds. The summed E-state index contributed by atoms with van der Waals surface area (Å²) in [5.41, 5.74) is 3.87. The standard InChI is InChI=1S/C19H20N2S/c1-14-8-10-15(11-9-14)13-21-12-4-6-17(21)19-20-16-5-2-3-7-18(16)22-19/h2-3,5,7-11,17H,4,6,12-13H2,1H3/t17-/m0/s1. The van der Waals surface area contributed by atoms with E-state index in [9.17, 15) is 0 Å².